The van der Waals surface area contributed by atoms with Crippen LogP contribution in [0.15, 0.2) is 9.95 Å². The fourth-order valence-electron chi connectivity index (χ4n) is 3.76. The third-order valence-corrected chi connectivity index (χ3v) is 7.25. The van der Waals surface area contributed by atoms with Gasteiger partial charge in [-0.3, -0.25) is 4.79 Å². The Hall–Kier alpha value is -1.05. The first-order valence-corrected chi connectivity index (χ1v) is 10.6. The number of nitrogen functional groups attached to an aromatic ring is 1. The maximum absolute atomic E-state index is 12.8. The Labute approximate surface area is 150 Å². The molecule has 2 aromatic heterocycles. The summed E-state index contributed by atoms with van der Waals surface area (Å²) in [5.41, 5.74) is 1.13. The molecule has 0 saturated carbocycles. The lowest BCUT2D eigenvalue weighted by atomic mass is 9.89. The highest BCUT2D eigenvalue weighted by molar-refractivity contribution is 7.99. The highest BCUT2D eigenvalue weighted by atomic mass is 32.2. The van der Waals surface area contributed by atoms with Gasteiger partial charge in [0.15, 0.2) is 5.16 Å². The quantitative estimate of drug-likeness (QED) is 0.513. The van der Waals surface area contributed by atoms with Crippen molar-refractivity contribution in [2.75, 3.05) is 31.2 Å². The molecule has 2 N–H and O–H groups in total. The molecule has 1 atom stereocenters. The average molecular weight is 365 g/mol. The Morgan fingerprint density at radius 3 is 2.96 bits per heavy atom. The highest BCUT2D eigenvalue weighted by Gasteiger charge is 2.24. The predicted molar refractivity (Wildman–Crippen MR) is 102 cm³/mol. The molecule has 1 saturated heterocycles. The average Bonchev–Trinajstić information content (AvgIpc) is 3.18. The monoisotopic (exact) mass is 364 g/mol. The molecule has 2 aliphatic rings. The van der Waals surface area contributed by atoms with Crippen molar-refractivity contribution in [3.8, 4) is 0 Å². The first-order chi connectivity index (χ1) is 11.6. The van der Waals surface area contributed by atoms with Crippen LogP contribution in [0.3, 0.4) is 0 Å². The van der Waals surface area contributed by atoms with Gasteiger partial charge in [-0.2, -0.15) is 0 Å². The molecule has 1 aliphatic carbocycles. The SMILES string of the molecule is C[C@@H]1CCc2c(sc3nc(SCCN4CCCC4)n(N)c(=O)c23)C1. The summed E-state index contributed by atoms with van der Waals surface area (Å²) >= 11 is 3.30. The summed E-state index contributed by atoms with van der Waals surface area (Å²) in [7, 11) is 0. The van der Waals surface area contributed by atoms with Crippen LogP contribution in [-0.4, -0.2) is 39.9 Å². The Kier molecular flexibility index (Phi) is 4.58. The number of hydrogen-bond donors (Lipinski definition) is 1. The van der Waals surface area contributed by atoms with E-state index in [9.17, 15) is 4.79 Å². The van der Waals surface area contributed by atoms with Crippen molar-refractivity contribution in [3.05, 3.63) is 20.8 Å². The van der Waals surface area contributed by atoms with Crippen molar-refractivity contribution in [3.63, 3.8) is 0 Å². The molecule has 0 unspecified atom stereocenters. The van der Waals surface area contributed by atoms with Gasteiger partial charge < -0.3 is 10.7 Å². The van der Waals surface area contributed by atoms with Gasteiger partial charge in [0.25, 0.3) is 5.56 Å². The van der Waals surface area contributed by atoms with E-state index in [2.05, 4.69) is 11.8 Å². The van der Waals surface area contributed by atoms with Crippen LogP contribution in [0.4, 0.5) is 0 Å². The second-order valence-electron chi connectivity index (χ2n) is 7.00. The summed E-state index contributed by atoms with van der Waals surface area (Å²) in [6, 6.07) is 0. The minimum Gasteiger partial charge on any atom is -0.334 e. The van der Waals surface area contributed by atoms with Crippen LogP contribution in [0, 0.1) is 5.92 Å². The van der Waals surface area contributed by atoms with Gasteiger partial charge in [0.1, 0.15) is 4.83 Å². The molecule has 0 amide bonds. The first kappa shape index (κ1) is 16.4. The number of thioether (sulfide) groups is 1. The predicted octanol–water partition coefficient (Wildman–Crippen LogP) is 2.48. The van der Waals surface area contributed by atoms with Crippen molar-refractivity contribution in [2.45, 2.75) is 44.2 Å². The van der Waals surface area contributed by atoms with Crippen molar-refractivity contribution in [2.24, 2.45) is 5.92 Å². The minimum absolute atomic E-state index is 0.0734. The molecule has 130 valence electrons. The van der Waals surface area contributed by atoms with Crippen molar-refractivity contribution in [1.29, 1.82) is 0 Å². The largest absolute Gasteiger partial charge is 0.334 e. The van der Waals surface area contributed by atoms with E-state index in [0.717, 1.165) is 41.8 Å². The smallest absolute Gasteiger partial charge is 0.281 e. The van der Waals surface area contributed by atoms with Crippen LogP contribution >= 0.6 is 23.1 Å². The number of hydrogen-bond acceptors (Lipinski definition) is 6. The van der Waals surface area contributed by atoms with E-state index in [-0.39, 0.29) is 5.56 Å². The van der Waals surface area contributed by atoms with Crippen LogP contribution < -0.4 is 11.4 Å². The summed E-state index contributed by atoms with van der Waals surface area (Å²) in [5, 5.41) is 1.42. The normalized spacial score (nSPS) is 21.5. The van der Waals surface area contributed by atoms with Crippen LogP contribution in [0.2, 0.25) is 0 Å². The molecule has 24 heavy (non-hydrogen) atoms. The standard InChI is InChI=1S/C17H24N4OS2/c1-11-4-5-12-13(10-11)24-15-14(12)16(22)21(18)17(19-15)23-9-8-20-6-2-3-7-20/h11H,2-10,18H2,1H3/t11-/m1/s1. The van der Waals surface area contributed by atoms with Crippen molar-refractivity contribution < 1.29 is 0 Å². The Bertz CT molecular complexity index is 807. The lowest BCUT2D eigenvalue weighted by Crippen LogP contribution is -2.30. The summed E-state index contributed by atoms with van der Waals surface area (Å²) in [6.07, 6.45) is 5.80. The van der Waals surface area contributed by atoms with E-state index in [1.54, 1.807) is 23.1 Å². The van der Waals surface area contributed by atoms with E-state index in [1.165, 1.54) is 41.0 Å². The van der Waals surface area contributed by atoms with Gasteiger partial charge in [-0.05, 0) is 56.7 Å². The molecule has 1 fully saturated rings. The van der Waals surface area contributed by atoms with Gasteiger partial charge in [0, 0.05) is 17.2 Å². The van der Waals surface area contributed by atoms with E-state index in [4.69, 9.17) is 10.8 Å². The molecule has 1 aliphatic heterocycles. The zero-order chi connectivity index (χ0) is 16.7. The Morgan fingerprint density at radius 2 is 2.17 bits per heavy atom. The number of nitrogens with two attached hydrogens (primary N) is 1. The number of likely N-dealkylation sites (tertiary alicyclic amines) is 1. The minimum atomic E-state index is -0.0734. The zero-order valence-corrected chi connectivity index (χ0v) is 15.7. The molecule has 0 spiro atoms. The van der Waals surface area contributed by atoms with E-state index >= 15 is 0 Å². The second-order valence-corrected chi connectivity index (χ2v) is 9.14. The van der Waals surface area contributed by atoms with Gasteiger partial charge in [0.2, 0.25) is 0 Å². The second kappa shape index (κ2) is 6.69. The van der Waals surface area contributed by atoms with Gasteiger partial charge in [-0.25, -0.2) is 9.66 Å². The van der Waals surface area contributed by atoms with Gasteiger partial charge in [-0.15, -0.1) is 11.3 Å². The van der Waals surface area contributed by atoms with Gasteiger partial charge in [-0.1, -0.05) is 18.7 Å². The molecule has 0 bridgehead atoms. The van der Waals surface area contributed by atoms with E-state index in [0.29, 0.717) is 11.1 Å². The lowest BCUT2D eigenvalue weighted by molar-refractivity contribution is 0.362. The molecule has 3 heterocycles. The Balaban J connectivity index is 1.60. The van der Waals surface area contributed by atoms with Gasteiger partial charge in [0.05, 0.1) is 5.39 Å². The molecular weight excluding hydrogens is 340 g/mol. The molecule has 0 radical (unpaired) electrons. The summed E-state index contributed by atoms with van der Waals surface area (Å²) in [4.78, 5) is 22.2. The maximum Gasteiger partial charge on any atom is 0.281 e. The number of aryl methyl sites for hydroxylation is 1. The number of aromatic nitrogens is 2. The van der Waals surface area contributed by atoms with Crippen LogP contribution in [-0.2, 0) is 12.8 Å². The summed E-state index contributed by atoms with van der Waals surface area (Å²) < 4.78 is 1.27. The topological polar surface area (TPSA) is 64.2 Å². The number of rotatable bonds is 4. The van der Waals surface area contributed by atoms with Crippen LogP contribution in [0.5, 0.6) is 0 Å². The van der Waals surface area contributed by atoms with Crippen LogP contribution in [0.25, 0.3) is 10.2 Å². The summed E-state index contributed by atoms with van der Waals surface area (Å²) in [5.74, 6) is 7.70. The van der Waals surface area contributed by atoms with E-state index in [1.807, 2.05) is 0 Å². The molecule has 0 aromatic carbocycles. The molecular formula is C17H24N4OS2. The fourth-order valence-corrected chi connectivity index (χ4v) is 6.10. The molecule has 7 heteroatoms. The van der Waals surface area contributed by atoms with Crippen molar-refractivity contribution in [1.82, 2.24) is 14.6 Å². The highest BCUT2D eigenvalue weighted by Crippen LogP contribution is 2.36. The van der Waals surface area contributed by atoms with E-state index < -0.39 is 0 Å². The maximum atomic E-state index is 12.8. The van der Waals surface area contributed by atoms with Gasteiger partial charge >= 0.3 is 0 Å². The van der Waals surface area contributed by atoms with Crippen LogP contribution in [0.1, 0.15) is 36.6 Å². The number of nitrogens with zero attached hydrogens (tertiary/aromatic N) is 3. The fraction of sp³-hybridized carbons (Fsp3) is 0.647. The third kappa shape index (κ3) is 2.97. The third-order valence-electron chi connectivity index (χ3n) is 5.17. The molecule has 4 rings (SSSR count). The molecule has 2 aromatic rings. The Morgan fingerprint density at radius 1 is 1.38 bits per heavy atom. The number of fused-ring (bicyclic) bond motifs is 3. The zero-order valence-electron chi connectivity index (χ0n) is 14.1. The lowest BCUT2D eigenvalue weighted by Gasteiger charge is -2.17. The molecule has 5 nitrogen and oxygen atoms in total. The number of thiophene rings is 1. The first-order valence-electron chi connectivity index (χ1n) is 8.81. The van der Waals surface area contributed by atoms with Crippen molar-refractivity contribution >= 4 is 33.3 Å². The summed E-state index contributed by atoms with van der Waals surface area (Å²) in [6.45, 7) is 5.70.